The summed E-state index contributed by atoms with van der Waals surface area (Å²) in [5.74, 6) is 0.305. The predicted octanol–water partition coefficient (Wildman–Crippen LogP) is 4.43. The maximum absolute atomic E-state index is 13.0. The molecule has 0 spiro atoms. The molecule has 0 amide bonds. The van der Waals surface area contributed by atoms with E-state index < -0.39 is 10.5 Å². The number of hydrogen-bond acceptors (Lipinski definition) is 5. The van der Waals surface area contributed by atoms with Crippen LogP contribution in [0.25, 0.3) is 10.9 Å². The molecule has 1 aromatic heterocycles. The minimum Gasteiger partial charge on any atom is -0.292 e. The van der Waals surface area contributed by atoms with Crippen molar-refractivity contribution in [3.8, 4) is 0 Å². The van der Waals surface area contributed by atoms with Gasteiger partial charge in [-0.05, 0) is 29.0 Å². The zero-order valence-electron chi connectivity index (χ0n) is 16.9. The van der Waals surface area contributed by atoms with Crippen LogP contribution in [0, 0.1) is 10.1 Å². The Morgan fingerprint density at radius 2 is 1.83 bits per heavy atom. The van der Waals surface area contributed by atoms with Gasteiger partial charge in [0, 0.05) is 17.7 Å². The predicted molar refractivity (Wildman–Crippen MR) is 112 cm³/mol. The van der Waals surface area contributed by atoms with Crippen LogP contribution in [-0.4, -0.2) is 20.3 Å². The third kappa shape index (κ3) is 4.08. The van der Waals surface area contributed by atoms with Crippen LogP contribution in [0.15, 0.2) is 47.5 Å². The number of rotatable bonds is 6. The maximum Gasteiger partial charge on any atom is 0.270 e. The molecule has 0 aliphatic carbocycles. The smallest absolute Gasteiger partial charge is 0.270 e. The number of carbonyl (C=O) groups is 1. The second-order valence-electron chi connectivity index (χ2n) is 7.72. The van der Waals surface area contributed by atoms with Crippen molar-refractivity contribution < 1.29 is 9.72 Å². The van der Waals surface area contributed by atoms with Crippen molar-refractivity contribution in [2.24, 2.45) is 0 Å². The number of nitro groups is 1. The summed E-state index contributed by atoms with van der Waals surface area (Å²) in [6.07, 6.45) is 1.31. The molecule has 3 aromatic rings. The SMILES string of the molecule is CC(C)c1ccc(C(=O)Cn2cnc3ccc([N+](=O)[O-])cc3c2=O)c(C(C)C)c1. The molecule has 0 atom stereocenters. The van der Waals surface area contributed by atoms with E-state index in [1.165, 1.54) is 29.1 Å². The largest absolute Gasteiger partial charge is 0.292 e. The molecule has 0 fully saturated rings. The van der Waals surface area contributed by atoms with Crippen molar-refractivity contribution >= 4 is 22.4 Å². The van der Waals surface area contributed by atoms with E-state index in [4.69, 9.17) is 0 Å². The van der Waals surface area contributed by atoms with Gasteiger partial charge in [-0.2, -0.15) is 0 Å². The van der Waals surface area contributed by atoms with E-state index in [1.54, 1.807) is 0 Å². The molecular formula is C22H23N3O4. The zero-order chi connectivity index (χ0) is 21.3. The van der Waals surface area contributed by atoms with E-state index in [0.717, 1.165) is 11.1 Å². The molecule has 0 radical (unpaired) electrons. The lowest BCUT2D eigenvalue weighted by Gasteiger charge is -2.16. The third-order valence-corrected chi connectivity index (χ3v) is 5.00. The van der Waals surface area contributed by atoms with Crippen LogP contribution in [0.4, 0.5) is 5.69 Å². The van der Waals surface area contributed by atoms with Gasteiger partial charge >= 0.3 is 0 Å². The zero-order valence-corrected chi connectivity index (χ0v) is 16.9. The van der Waals surface area contributed by atoms with Crippen molar-refractivity contribution in [3.63, 3.8) is 0 Å². The van der Waals surface area contributed by atoms with E-state index >= 15 is 0 Å². The summed E-state index contributed by atoms with van der Waals surface area (Å²) in [5, 5.41) is 11.1. The van der Waals surface area contributed by atoms with Gasteiger partial charge in [0.05, 0.1) is 28.7 Å². The van der Waals surface area contributed by atoms with Gasteiger partial charge in [-0.25, -0.2) is 4.98 Å². The van der Waals surface area contributed by atoms with Crippen molar-refractivity contribution in [2.75, 3.05) is 0 Å². The number of ketones is 1. The second kappa shape index (κ2) is 7.95. The highest BCUT2D eigenvalue weighted by Gasteiger charge is 2.18. The van der Waals surface area contributed by atoms with Crippen molar-refractivity contribution in [3.05, 3.63) is 79.9 Å². The number of carbonyl (C=O) groups excluding carboxylic acids is 1. The lowest BCUT2D eigenvalue weighted by atomic mass is 9.90. The second-order valence-corrected chi connectivity index (χ2v) is 7.72. The molecule has 0 N–H and O–H groups in total. The Hall–Kier alpha value is -3.35. The highest BCUT2D eigenvalue weighted by atomic mass is 16.6. The van der Waals surface area contributed by atoms with Gasteiger partial charge in [0.1, 0.15) is 0 Å². The highest BCUT2D eigenvalue weighted by Crippen LogP contribution is 2.25. The Morgan fingerprint density at radius 1 is 1.10 bits per heavy atom. The molecule has 0 bridgehead atoms. The molecule has 0 saturated heterocycles. The molecule has 0 saturated carbocycles. The molecule has 7 nitrogen and oxygen atoms in total. The van der Waals surface area contributed by atoms with E-state index in [1.807, 2.05) is 32.0 Å². The summed E-state index contributed by atoms with van der Waals surface area (Å²) in [5.41, 5.74) is 2.37. The first-order chi connectivity index (χ1) is 13.7. The van der Waals surface area contributed by atoms with E-state index in [0.29, 0.717) is 17.0 Å². The number of hydrogen-bond donors (Lipinski definition) is 0. The monoisotopic (exact) mass is 393 g/mol. The molecule has 0 aliphatic rings. The van der Waals surface area contributed by atoms with Crippen molar-refractivity contribution in [1.29, 1.82) is 0 Å². The number of nitrogens with zero attached hydrogens (tertiary/aromatic N) is 3. The Kier molecular flexibility index (Phi) is 5.59. The lowest BCUT2D eigenvalue weighted by Crippen LogP contribution is -2.25. The van der Waals surface area contributed by atoms with Gasteiger partial charge in [0.25, 0.3) is 11.2 Å². The fourth-order valence-electron chi connectivity index (χ4n) is 3.28. The average Bonchev–Trinajstić information content (AvgIpc) is 2.69. The van der Waals surface area contributed by atoms with Crippen LogP contribution in [0.1, 0.15) is 61.0 Å². The summed E-state index contributed by atoms with van der Waals surface area (Å²) >= 11 is 0. The maximum atomic E-state index is 13.0. The van der Waals surface area contributed by atoms with Gasteiger partial charge in [0.2, 0.25) is 0 Å². The minimum atomic E-state index is -0.563. The fraction of sp³-hybridized carbons (Fsp3) is 0.318. The summed E-state index contributed by atoms with van der Waals surface area (Å²) in [7, 11) is 0. The molecule has 2 aromatic carbocycles. The summed E-state index contributed by atoms with van der Waals surface area (Å²) in [6.45, 7) is 8.07. The van der Waals surface area contributed by atoms with Crippen molar-refractivity contribution in [1.82, 2.24) is 9.55 Å². The van der Waals surface area contributed by atoms with Crippen LogP contribution < -0.4 is 5.56 Å². The molecule has 150 valence electrons. The van der Waals surface area contributed by atoms with E-state index in [2.05, 4.69) is 18.8 Å². The van der Waals surface area contributed by atoms with Crippen LogP contribution in [0.3, 0.4) is 0 Å². The Morgan fingerprint density at radius 3 is 2.45 bits per heavy atom. The molecule has 29 heavy (non-hydrogen) atoms. The summed E-state index contributed by atoms with van der Waals surface area (Å²) < 4.78 is 1.20. The average molecular weight is 393 g/mol. The fourth-order valence-corrected chi connectivity index (χ4v) is 3.28. The van der Waals surface area contributed by atoms with Gasteiger partial charge in [0.15, 0.2) is 5.78 Å². The Bertz CT molecular complexity index is 1160. The van der Waals surface area contributed by atoms with E-state index in [-0.39, 0.29) is 29.3 Å². The van der Waals surface area contributed by atoms with Crippen LogP contribution >= 0.6 is 0 Å². The van der Waals surface area contributed by atoms with E-state index in [9.17, 15) is 19.7 Å². The van der Waals surface area contributed by atoms with Crippen LogP contribution in [-0.2, 0) is 6.54 Å². The first-order valence-corrected chi connectivity index (χ1v) is 9.49. The first kappa shape index (κ1) is 20.4. The number of non-ortho nitro benzene ring substituents is 1. The lowest BCUT2D eigenvalue weighted by molar-refractivity contribution is -0.384. The number of Topliss-reactive ketones (excluding diaryl/α,β-unsaturated/α-hetero) is 1. The first-order valence-electron chi connectivity index (χ1n) is 9.49. The van der Waals surface area contributed by atoms with Gasteiger partial charge < -0.3 is 0 Å². The van der Waals surface area contributed by atoms with Gasteiger partial charge in [-0.3, -0.25) is 24.3 Å². The molecule has 7 heteroatoms. The summed E-state index contributed by atoms with van der Waals surface area (Å²) in [4.78, 5) is 40.4. The van der Waals surface area contributed by atoms with Crippen LogP contribution in [0.2, 0.25) is 0 Å². The number of aromatic nitrogens is 2. The Balaban J connectivity index is 2.01. The quantitative estimate of drug-likeness (QED) is 0.351. The highest BCUT2D eigenvalue weighted by molar-refractivity contribution is 5.97. The van der Waals surface area contributed by atoms with Gasteiger partial charge in [-0.1, -0.05) is 45.9 Å². The normalized spacial score (nSPS) is 11.4. The number of benzene rings is 2. The minimum absolute atomic E-state index is 0.119. The van der Waals surface area contributed by atoms with Crippen LogP contribution in [0.5, 0.6) is 0 Å². The third-order valence-electron chi connectivity index (χ3n) is 5.00. The topological polar surface area (TPSA) is 95.1 Å². The summed E-state index contributed by atoms with van der Waals surface area (Å²) in [6, 6.07) is 9.74. The molecular weight excluding hydrogens is 370 g/mol. The molecule has 0 unspecified atom stereocenters. The van der Waals surface area contributed by atoms with Gasteiger partial charge in [-0.15, -0.1) is 0 Å². The standard InChI is InChI=1S/C22H23N3O4/c1-13(2)15-5-7-17(18(9-15)14(3)4)21(26)11-24-12-23-20-8-6-16(25(28)29)10-19(20)22(24)27/h5-10,12-14H,11H2,1-4H3. The molecule has 3 rings (SSSR count). The number of nitro benzene ring substituents is 1. The number of fused-ring (bicyclic) bond motifs is 1. The molecule has 1 heterocycles. The Labute approximate surface area is 168 Å². The van der Waals surface area contributed by atoms with Crippen molar-refractivity contribution in [2.45, 2.75) is 46.1 Å². The molecule has 0 aliphatic heterocycles.